The summed E-state index contributed by atoms with van der Waals surface area (Å²) in [5.41, 5.74) is 0.0846. The van der Waals surface area contributed by atoms with Crippen molar-refractivity contribution < 1.29 is 26.2 Å². The van der Waals surface area contributed by atoms with Crippen molar-refractivity contribution in [1.29, 1.82) is 0 Å². The number of H-pyrrole nitrogens is 1. The number of aromatic amines is 1. The van der Waals surface area contributed by atoms with Crippen molar-refractivity contribution >= 4 is 38.5 Å². The molecule has 2 aliphatic rings. The summed E-state index contributed by atoms with van der Waals surface area (Å²) in [6.07, 6.45) is 3.92. The topological polar surface area (TPSA) is 93.6 Å². The van der Waals surface area contributed by atoms with Crippen LogP contribution in [-0.4, -0.2) is 42.1 Å². The average Bonchev–Trinajstić information content (AvgIpc) is 3.30. The van der Waals surface area contributed by atoms with Crippen molar-refractivity contribution in [2.24, 2.45) is 5.16 Å². The van der Waals surface area contributed by atoms with Crippen LogP contribution in [0, 0.1) is 11.6 Å². The summed E-state index contributed by atoms with van der Waals surface area (Å²) in [7, 11) is -3.83. The normalized spacial score (nSPS) is 20.2. The van der Waals surface area contributed by atoms with Crippen LogP contribution in [0.5, 0.6) is 0 Å². The van der Waals surface area contributed by atoms with Gasteiger partial charge < -0.3 is 9.82 Å². The standard InChI is InChI=1S/C22H20ClF2N3O4S/c1-33(29,30)31-20-19(28-32-22(20)8-3-2-4-9-22)21-26-16-11-12(10-13(23)18(16)27-21)17-14(24)6-5-7-15(17)25/h5-7,10-11,20H,2-4,8-9H2,1H3,(H,26,27). The molecule has 11 heteroatoms. The monoisotopic (exact) mass is 495 g/mol. The highest BCUT2D eigenvalue weighted by Crippen LogP contribution is 2.42. The number of hydrogen-bond donors (Lipinski definition) is 1. The highest BCUT2D eigenvalue weighted by Gasteiger charge is 2.53. The predicted molar refractivity (Wildman–Crippen MR) is 120 cm³/mol. The van der Waals surface area contributed by atoms with Gasteiger partial charge in [0.25, 0.3) is 10.1 Å². The molecule has 1 atom stereocenters. The molecule has 0 radical (unpaired) electrons. The molecule has 0 bridgehead atoms. The van der Waals surface area contributed by atoms with Crippen LogP contribution >= 0.6 is 11.6 Å². The molecule has 0 amide bonds. The van der Waals surface area contributed by atoms with Crippen LogP contribution in [0.25, 0.3) is 22.2 Å². The van der Waals surface area contributed by atoms with Gasteiger partial charge in [-0.25, -0.2) is 13.8 Å². The van der Waals surface area contributed by atoms with E-state index in [1.807, 2.05) is 0 Å². The van der Waals surface area contributed by atoms with E-state index in [9.17, 15) is 17.2 Å². The van der Waals surface area contributed by atoms with Crippen molar-refractivity contribution in [3.63, 3.8) is 0 Å². The van der Waals surface area contributed by atoms with E-state index in [0.29, 0.717) is 23.9 Å². The third-order valence-corrected chi connectivity index (χ3v) is 6.89. The van der Waals surface area contributed by atoms with E-state index in [4.69, 9.17) is 20.6 Å². The number of fused-ring (bicyclic) bond motifs is 1. The number of hydrogen-bond acceptors (Lipinski definition) is 6. The number of rotatable bonds is 4. The van der Waals surface area contributed by atoms with Gasteiger partial charge in [0, 0.05) is 0 Å². The van der Waals surface area contributed by atoms with Gasteiger partial charge in [-0.2, -0.15) is 8.42 Å². The number of aromatic nitrogens is 2. The van der Waals surface area contributed by atoms with Crippen molar-refractivity contribution in [3.05, 3.63) is 52.8 Å². The van der Waals surface area contributed by atoms with Gasteiger partial charge in [0.2, 0.25) is 0 Å². The lowest BCUT2D eigenvalue weighted by molar-refractivity contribution is -0.0887. The minimum Gasteiger partial charge on any atom is -0.386 e. The van der Waals surface area contributed by atoms with Crippen LogP contribution in [-0.2, 0) is 19.1 Å². The quantitative estimate of drug-likeness (QED) is 0.517. The smallest absolute Gasteiger partial charge is 0.265 e. The van der Waals surface area contributed by atoms with E-state index in [2.05, 4.69) is 15.1 Å². The molecule has 1 saturated carbocycles. The molecule has 1 fully saturated rings. The molecule has 1 N–H and O–H groups in total. The summed E-state index contributed by atoms with van der Waals surface area (Å²) in [4.78, 5) is 13.3. The molecule has 2 aromatic carbocycles. The van der Waals surface area contributed by atoms with Crippen molar-refractivity contribution in [3.8, 4) is 11.1 Å². The Morgan fingerprint density at radius 2 is 1.88 bits per heavy atom. The largest absolute Gasteiger partial charge is 0.386 e. The number of oxime groups is 1. The predicted octanol–water partition coefficient (Wildman–Crippen LogP) is 4.94. The molecule has 1 aliphatic carbocycles. The zero-order chi connectivity index (χ0) is 23.4. The van der Waals surface area contributed by atoms with Gasteiger partial charge >= 0.3 is 0 Å². The molecule has 5 rings (SSSR count). The van der Waals surface area contributed by atoms with Gasteiger partial charge in [-0.1, -0.05) is 29.2 Å². The Hall–Kier alpha value is -2.56. The molecule has 174 valence electrons. The highest BCUT2D eigenvalue weighted by molar-refractivity contribution is 7.86. The van der Waals surface area contributed by atoms with Crippen LogP contribution in [0.2, 0.25) is 5.02 Å². The molecule has 1 spiro atoms. The van der Waals surface area contributed by atoms with Gasteiger partial charge in [-0.15, -0.1) is 0 Å². The molecular weight excluding hydrogens is 476 g/mol. The molecule has 7 nitrogen and oxygen atoms in total. The summed E-state index contributed by atoms with van der Waals surface area (Å²) < 4.78 is 58.1. The van der Waals surface area contributed by atoms with Gasteiger partial charge in [-0.3, -0.25) is 4.18 Å². The Morgan fingerprint density at radius 3 is 2.55 bits per heavy atom. The minimum absolute atomic E-state index is 0.167. The van der Waals surface area contributed by atoms with Crippen LogP contribution in [0.15, 0.2) is 35.5 Å². The first-order valence-electron chi connectivity index (χ1n) is 10.5. The van der Waals surface area contributed by atoms with Crippen LogP contribution in [0.3, 0.4) is 0 Å². The van der Waals surface area contributed by atoms with Gasteiger partial charge in [0.1, 0.15) is 17.2 Å². The van der Waals surface area contributed by atoms with Gasteiger partial charge in [0.05, 0.1) is 22.4 Å². The zero-order valence-corrected chi connectivity index (χ0v) is 19.1. The molecule has 1 unspecified atom stereocenters. The fourth-order valence-corrected chi connectivity index (χ4v) is 5.46. The summed E-state index contributed by atoms with van der Waals surface area (Å²) in [6, 6.07) is 6.56. The molecule has 1 aromatic heterocycles. The first kappa shape index (κ1) is 22.2. The Balaban J connectivity index is 1.59. The zero-order valence-electron chi connectivity index (χ0n) is 17.6. The van der Waals surface area contributed by atoms with Crippen molar-refractivity contribution in [1.82, 2.24) is 9.97 Å². The lowest BCUT2D eigenvalue weighted by Crippen LogP contribution is -2.48. The highest BCUT2D eigenvalue weighted by atomic mass is 35.5. The third-order valence-electron chi connectivity index (χ3n) is 6.06. The Morgan fingerprint density at radius 1 is 1.18 bits per heavy atom. The minimum atomic E-state index is -3.83. The number of imidazole rings is 1. The summed E-state index contributed by atoms with van der Waals surface area (Å²) in [5, 5.41) is 4.32. The van der Waals surface area contributed by atoms with E-state index in [1.54, 1.807) is 0 Å². The first-order valence-corrected chi connectivity index (χ1v) is 12.6. The number of benzene rings is 2. The maximum absolute atomic E-state index is 14.3. The lowest BCUT2D eigenvalue weighted by Gasteiger charge is -2.35. The van der Waals surface area contributed by atoms with Crippen LogP contribution in [0.1, 0.15) is 37.9 Å². The Kier molecular flexibility index (Phi) is 5.42. The van der Waals surface area contributed by atoms with E-state index in [0.717, 1.165) is 37.7 Å². The lowest BCUT2D eigenvalue weighted by atomic mass is 9.79. The van der Waals surface area contributed by atoms with Crippen LogP contribution in [0.4, 0.5) is 8.78 Å². The SMILES string of the molecule is CS(=O)(=O)OC1C(c2nc3c(Cl)cc(-c4c(F)cccc4F)cc3[nH]2)=NOC12CCCCC2. The van der Waals surface area contributed by atoms with Gasteiger partial charge in [-0.05, 0) is 55.5 Å². The van der Waals surface area contributed by atoms with Crippen molar-refractivity contribution in [2.45, 2.75) is 43.8 Å². The second kappa shape index (κ2) is 8.03. The number of nitrogens with one attached hydrogen (secondary N) is 1. The van der Waals surface area contributed by atoms with E-state index >= 15 is 0 Å². The molecule has 33 heavy (non-hydrogen) atoms. The number of nitrogens with zero attached hydrogens (tertiary/aromatic N) is 2. The van der Waals surface area contributed by atoms with Crippen molar-refractivity contribution in [2.75, 3.05) is 6.26 Å². The number of halogens is 3. The maximum atomic E-state index is 14.3. The maximum Gasteiger partial charge on any atom is 0.265 e. The van der Waals surface area contributed by atoms with Crippen LogP contribution < -0.4 is 0 Å². The molecule has 1 aliphatic heterocycles. The molecule has 3 aromatic rings. The molecule has 0 saturated heterocycles. The average molecular weight is 496 g/mol. The fraction of sp³-hybridized carbons (Fsp3) is 0.364. The summed E-state index contributed by atoms with van der Waals surface area (Å²) in [5.74, 6) is -1.23. The second-order valence-corrected chi connectivity index (χ2v) is 10.4. The second-order valence-electron chi connectivity index (χ2n) is 8.41. The molecule has 2 heterocycles. The third kappa shape index (κ3) is 4.00. The first-order chi connectivity index (χ1) is 15.7. The van der Waals surface area contributed by atoms with E-state index in [1.165, 1.54) is 18.2 Å². The Labute approximate surface area is 193 Å². The van der Waals surface area contributed by atoms with Gasteiger partial charge in [0.15, 0.2) is 23.2 Å². The van der Waals surface area contributed by atoms with E-state index in [-0.39, 0.29) is 27.7 Å². The molecular formula is C22H20ClF2N3O4S. The summed E-state index contributed by atoms with van der Waals surface area (Å²) >= 11 is 6.40. The van der Waals surface area contributed by atoms with E-state index < -0.39 is 33.5 Å². The Bertz CT molecular complexity index is 1360. The fourth-order valence-electron chi connectivity index (χ4n) is 4.58. The summed E-state index contributed by atoms with van der Waals surface area (Å²) in [6.45, 7) is 0.